The van der Waals surface area contributed by atoms with Gasteiger partial charge in [0.05, 0.1) is 28.8 Å². The van der Waals surface area contributed by atoms with Crippen LogP contribution < -0.4 is 0 Å². The number of nitrogens with zero attached hydrogens (tertiary/aromatic N) is 4. The molecule has 2 aliphatic rings. The van der Waals surface area contributed by atoms with Crippen LogP contribution in [0.4, 0.5) is 4.39 Å². The molecule has 2 aromatic carbocycles. The molecule has 0 radical (unpaired) electrons. The maximum Gasteiger partial charge on any atom is 0.256 e. The molecule has 0 atom stereocenters. The van der Waals surface area contributed by atoms with Gasteiger partial charge >= 0.3 is 0 Å². The van der Waals surface area contributed by atoms with Crippen molar-refractivity contribution in [3.63, 3.8) is 0 Å². The molecular weight excluding hydrogens is 455 g/mol. The first-order chi connectivity index (χ1) is 16.2. The molecule has 7 nitrogen and oxygen atoms in total. The van der Waals surface area contributed by atoms with Crippen LogP contribution in [-0.4, -0.2) is 60.9 Å². The van der Waals surface area contributed by atoms with Gasteiger partial charge in [0, 0.05) is 49.4 Å². The molecule has 0 bridgehead atoms. The molecule has 1 saturated heterocycles. The van der Waals surface area contributed by atoms with Crippen LogP contribution in [0.25, 0.3) is 22.0 Å². The summed E-state index contributed by atoms with van der Waals surface area (Å²) < 4.78 is 38.9. The summed E-state index contributed by atoms with van der Waals surface area (Å²) in [5.74, 6) is -0.663. The summed E-state index contributed by atoms with van der Waals surface area (Å²) in [5.41, 5.74) is 2.77. The van der Waals surface area contributed by atoms with Gasteiger partial charge in [-0.25, -0.2) is 12.8 Å². The molecule has 0 unspecified atom stereocenters. The van der Waals surface area contributed by atoms with E-state index in [0.29, 0.717) is 22.0 Å². The van der Waals surface area contributed by atoms with Gasteiger partial charge in [-0.3, -0.25) is 9.78 Å². The first kappa shape index (κ1) is 22.4. The zero-order valence-corrected chi connectivity index (χ0v) is 19.5. The van der Waals surface area contributed by atoms with Gasteiger partial charge in [-0.15, -0.1) is 0 Å². The summed E-state index contributed by atoms with van der Waals surface area (Å²) in [5, 5.41) is 10.2. The summed E-state index contributed by atoms with van der Waals surface area (Å²) in [6.07, 6.45) is 4.30. The summed E-state index contributed by atoms with van der Waals surface area (Å²) in [6.45, 7) is 1.01. The fourth-order valence-electron chi connectivity index (χ4n) is 4.58. The minimum absolute atomic E-state index is 0.233. The van der Waals surface area contributed by atoms with Crippen molar-refractivity contribution in [1.82, 2.24) is 14.2 Å². The first-order valence-corrected chi connectivity index (χ1v) is 12.9. The number of amides is 1. The third kappa shape index (κ3) is 3.93. The zero-order chi connectivity index (χ0) is 24.1. The Morgan fingerprint density at radius 1 is 1.09 bits per heavy atom. The van der Waals surface area contributed by atoms with Crippen LogP contribution in [0, 0.1) is 17.1 Å². The van der Waals surface area contributed by atoms with Gasteiger partial charge in [0.1, 0.15) is 5.82 Å². The molecule has 3 aromatic rings. The second kappa shape index (κ2) is 8.15. The van der Waals surface area contributed by atoms with E-state index < -0.39 is 21.3 Å². The highest BCUT2D eigenvalue weighted by molar-refractivity contribution is 7.88. The minimum Gasteiger partial charge on any atom is -0.336 e. The monoisotopic (exact) mass is 478 g/mol. The van der Waals surface area contributed by atoms with Gasteiger partial charge in [-0.2, -0.15) is 9.57 Å². The van der Waals surface area contributed by atoms with Gasteiger partial charge in [-0.05, 0) is 36.1 Å². The molecule has 34 heavy (non-hydrogen) atoms. The highest BCUT2D eigenvalue weighted by atomic mass is 32.2. The van der Waals surface area contributed by atoms with Gasteiger partial charge < -0.3 is 4.90 Å². The van der Waals surface area contributed by atoms with E-state index in [1.165, 1.54) is 22.6 Å². The van der Waals surface area contributed by atoms with E-state index in [9.17, 15) is 22.9 Å². The van der Waals surface area contributed by atoms with Crippen LogP contribution in [-0.2, 0) is 15.4 Å². The maximum atomic E-state index is 13.9. The molecule has 1 aromatic heterocycles. The Hall–Kier alpha value is -3.35. The van der Waals surface area contributed by atoms with Crippen LogP contribution in [0.15, 0.2) is 48.7 Å². The highest BCUT2D eigenvalue weighted by Gasteiger charge is 2.44. The van der Waals surface area contributed by atoms with Crippen LogP contribution in [0.1, 0.15) is 28.8 Å². The molecule has 1 aliphatic heterocycles. The van der Waals surface area contributed by atoms with Crippen molar-refractivity contribution >= 4 is 26.8 Å². The number of aromatic nitrogens is 1. The summed E-state index contributed by atoms with van der Waals surface area (Å²) in [6, 6.07) is 14.3. The average molecular weight is 479 g/mol. The number of nitriles is 1. The number of fused-ring (bicyclic) bond motifs is 1. The number of carbonyl (C=O) groups excluding carboxylic acids is 1. The lowest BCUT2D eigenvalue weighted by atomic mass is 9.91. The molecule has 1 amide bonds. The molecule has 1 aliphatic carbocycles. The number of hydrogen-bond acceptors (Lipinski definition) is 5. The number of benzene rings is 2. The van der Waals surface area contributed by atoms with E-state index in [0.717, 1.165) is 30.2 Å². The van der Waals surface area contributed by atoms with Crippen molar-refractivity contribution in [3.05, 3.63) is 65.6 Å². The highest BCUT2D eigenvalue weighted by Crippen LogP contribution is 2.48. The topological polar surface area (TPSA) is 94.4 Å². The molecule has 5 rings (SSSR count). The van der Waals surface area contributed by atoms with Gasteiger partial charge in [0.15, 0.2) is 0 Å². The van der Waals surface area contributed by atoms with Gasteiger partial charge in [0.25, 0.3) is 5.91 Å². The Morgan fingerprint density at radius 2 is 1.76 bits per heavy atom. The largest absolute Gasteiger partial charge is 0.336 e. The van der Waals surface area contributed by atoms with Gasteiger partial charge in [0.2, 0.25) is 10.0 Å². The second-order valence-corrected chi connectivity index (χ2v) is 10.9. The van der Waals surface area contributed by atoms with E-state index >= 15 is 0 Å². The molecular formula is C25H23FN4O3S. The standard InChI is InChI=1S/C25H23FN4O3S/c1-34(32,33)30-12-10-29(11-13-30)24(31)21-15-28-22-14-19(26)6-7-20(22)23(21)17-2-4-18(5-3-17)25(16-27)8-9-25/h2-7,14-15H,8-13H2,1H3. The fourth-order valence-corrected chi connectivity index (χ4v) is 5.41. The fraction of sp³-hybridized carbons (Fsp3) is 0.320. The van der Waals surface area contributed by atoms with E-state index in [4.69, 9.17) is 0 Å². The lowest BCUT2D eigenvalue weighted by molar-refractivity contribution is 0.0699. The smallest absolute Gasteiger partial charge is 0.256 e. The predicted octanol–water partition coefficient (Wildman–Crippen LogP) is 3.31. The van der Waals surface area contributed by atoms with Crippen molar-refractivity contribution < 1.29 is 17.6 Å². The summed E-state index contributed by atoms with van der Waals surface area (Å²) >= 11 is 0. The predicted molar refractivity (Wildman–Crippen MR) is 126 cm³/mol. The molecule has 2 heterocycles. The SMILES string of the molecule is CS(=O)(=O)N1CCN(C(=O)c2cnc3cc(F)ccc3c2-c2ccc(C3(C#N)CC3)cc2)CC1. The number of sulfonamides is 1. The first-order valence-electron chi connectivity index (χ1n) is 11.1. The van der Waals surface area contributed by atoms with Gasteiger partial charge in [-0.1, -0.05) is 24.3 Å². The third-order valence-corrected chi connectivity index (χ3v) is 8.05. The number of hydrogen-bond donors (Lipinski definition) is 0. The summed E-state index contributed by atoms with van der Waals surface area (Å²) in [4.78, 5) is 19.5. The number of rotatable bonds is 4. The average Bonchev–Trinajstić information content (AvgIpc) is 3.64. The molecule has 0 spiro atoms. The van der Waals surface area contributed by atoms with Crippen molar-refractivity contribution in [2.75, 3.05) is 32.4 Å². The minimum atomic E-state index is -3.31. The van der Waals surface area contributed by atoms with Crippen LogP contribution in [0.3, 0.4) is 0 Å². The third-order valence-electron chi connectivity index (χ3n) is 6.75. The molecule has 0 N–H and O–H groups in total. The Bertz CT molecular complexity index is 1440. The Labute approximate surface area is 197 Å². The lowest BCUT2D eigenvalue weighted by Gasteiger charge is -2.33. The zero-order valence-electron chi connectivity index (χ0n) is 18.7. The number of pyridine rings is 1. The molecule has 9 heteroatoms. The quantitative estimate of drug-likeness (QED) is 0.573. The van der Waals surface area contributed by atoms with E-state index in [2.05, 4.69) is 11.1 Å². The van der Waals surface area contributed by atoms with Crippen molar-refractivity contribution in [3.8, 4) is 17.2 Å². The molecule has 1 saturated carbocycles. The lowest BCUT2D eigenvalue weighted by Crippen LogP contribution is -2.50. The molecule has 174 valence electrons. The van der Waals surface area contributed by atoms with Crippen molar-refractivity contribution in [2.45, 2.75) is 18.3 Å². The normalized spacial score (nSPS) is 18.0. The number of halogens is 1. The Kier molecular flexibility index (Phi) is 5.38. The van der Waals surface area contributed by atoms with Crippen LogP contribution in [0.5, 0.6) is 0 Å². The second-order valence-electron chi connectivity index (χ2n) is 8.93. The van der Waals surface area contributed by atoms with E-state index in [1.807, 2.05) is 24.3 Å². The van der Waals surface area contributed by atoms with Crippen LogP contribution >= 0.6 is 0 Å². The van der Waals surface area contributed by atoms with Crippen LogP contribution in [0.2, 0.25) is 0 Å². The van der Waals surface area contributed by atoms with Crippen molar-refractivity contribution in [1.29, 1.82) is 5.26 Å². The Balaban J connectivity index is 1.55. The number of piperazine rings is 1. The summed E-state index contributed by atoms with van der Waals surface area (Å²) in [7, 11) is -3.31. The number of carbonyl (C=O) groups is 1. The van der Waals surface area contributed by atoms with Crippen molar-refractivity contribution in [2.24, 2.45) is 0 Å². The van der Waals surface area contributed by atoms with E-state index in [1.54, 1.807) is 11.0 Å². The maximum absolute atomic E-state index is 13.9. The Morgan fingerprint density at radius 3 is 2.35 bits per heavy atom. The van der Waals surface area contributed by atoms with E-state index in [-0.39, 0.29) is 32.1 Å². The molecule has 2 fully saturated rings.